The van der Waals surface area contributed by atoms with E-state index in [4.69, 9.17) is 0 Å². The molecule has 0 saturated heterocycles. The molecule has 1 saturated carbocycles. The second-order valence-corrected chi connectivity index (χ2v) is 6.00. The summed E-state index contributed by atoms with van der Waals surface area (Å²) in [6.45, 7) is 3.49. The van der Waals surface area contributed by atoms with Crippen molar-refractivity contribution in [1.29, 1.82) is 0 Å². The molecule has 5 nitrogen and oxygen atoms in total. The minimum Gasteiger partial charge on any atom is -0.310 e. The van der Waals surface area contributed by atoms with Crippen molar-refractivity contribution in [1.82, 2.24) is 20.1 Å². The van der Waals surface area contributed by atoms with Gasteiger partial charge in [-0.15, -0.1) is 5.10 Å². The fourth-order valence-electron chi connectivity index (χ4n) is 1.99. The molecule has 1 fully saturated rings. The zero-order valence-electron chi connectivity index (χ0n) is 11.4. The van der Waals surface area contributed by atoms with Gasteiger partial charge in [0, 0.05) is 24.0 Å². The summed E-state index contributed by atoms with van der Waals surface area (Å²) in [7, 11) is 0. The highest BCUT2D eigenvalue weighted by molar-refractivity contribution is 7.99. The fraction of sp³-hybridized carbons (Fsp3) is 0.429. The molecule has 0 aliphatic heterocycles. The Hall–Kier alpha value is -1.53. The molecule has 2 N–H and O–H groups in total. The topological polar surface area (TPSA) is 62.7 Å². The first-order valence-corrected chi connectivity index (χ1v) is 7.73. The number of hydrogen-bond acceptors (Lipinski definition) is 4. The molecule has 2 aromatic rings. The molecule has 0 atom stereocenters. The van der Waals surface area contributed by atoms with Crippen LogP contribution < -0.4 is 11.0 Å². The molecule has 1 aromatic heterocycles. The highest BCUT2D eigenvalue weighted by Crippen LogP contribution is 2.25. The van der Waals surface area contributed by atoms with Crippen LogP contribution in [0.5, 0.6) is 0 Å². The van der Waals surface area contributed by atoms with Gasteiger partial charge >= 0.3 is 5.69 Å². The van der Waals surface area contributed by atoms with E-state index in [2.05, 4.69) is 39.8 Å². The van der Waals surface area contributed by atoms with Crippen LogP contribution in [0, 0.1) is 0 Å². The van der Waals surface area contributed by atoms with Crippen molar-refractivity contribution < 1.29 is 0 Å². The average Bonchev–Trinajstić information content (AvgIpc) is 3.23. The molecule has 106 valence electrons. The van der Waals surface area contributed by atoms with E-state index in [0.29, 0.717) is 11.7 Å². The van der Waals surface area contributed by atoms with Gasteiger partial charge in [-0.25, -0.2) is 9.89 Å². The molecule has 0 spiro atoms. The van der Waals surface area contributed by atoms with Crippen LogP contribution in [0.3, 0.4) is 0 Å². The summed E-state index contributed by atoms with van der Waals surface area (Å²) in [5.41, 5.74) is 1.14. The third-order valence-corrected chi connectivity index (χ3v) is 4.35. The van der Waals surface area contributed by atoms with Gasteiger partial charge in [0.25, 0.3) is 0 Å². The zero-order valence-corrected chi connectivity index (χ0v) is 12.2. The minimum atomic E-state index is -0.153. The lowest BCUT2D eigenvalue weighted by Crippen LogP contribution is -2.16. The summed E-state index contributed by atoms with van der Waals surface area (Å²) < 4.78 is 1.63. The monoisotopic (exact) mass is 290 g/mol. The van der Waals surface area contributed by atoms with E-state index >= 15 is 0 Å². The molecule has 1 aromatic carbocycles. The predicted molar refractivity (Wildman–Crippen MR) is 78.9 cm³/mol. The summed E-state index contributed by atoms with van der Waals surface area (Å²) in [4.78, 5) is 12.6. The van der Waals surface area contributed by atoms with Crippen molar-refractivity contribution in [2.75, 3.05) is 0 Å². The van der Waals surface area contributed by atoms with Crippen molar-refractivity contribution in [2.24, 2.45) is 0 Å². The number of benzene rings is 1. The molecule has 0 amide bonds. The zero-order chi connectivity index (χ0) is 13.9. The second kappa shape index (κ2) is 5.85. The van der Waals surface area contributed by atoms with Crippen molar-refractivity contribution >= 4 is 11.8 Å². The lowest BCUT2D eigenvalue weighted by Gasteiger charge is -2.05. The molecular formula is C14H18N4OS. The van der Waals surface area contributed by atoms with E-state index in [9.17, 15) is 4.79 Å². The fourth-order valence-corrected chi connectivity index (χ4v) is 2.89. The Morgan fingerprint density at radius 2 is 2.15 bits per heavy atom. The maximum absolute atomic E-state index is 11.5. The lowest BCUT2D eigenvalue weighted by atomic mass is 10.2. The molecule has 0 unspecified atom stereocenters. The highest BCUT2D eigenvalue weighted by atomic mass is 32.2. The second-order valence-electron chi connectivity index (χ2n) is 4.96. The van der Waals surface area contributed by atoms with Crippen molar-refractivity contribution in [3.8, 4) is 0 Å². The van der Waals surface area contributed by atoms with Crippen LogP contribution in [0.2, 0.25) is 0 Å². The van der Waals surface area contributed by atoms with Gasteiger partial charge in [-0.3, -0.25) is 4.57 Å². The Morgan fingerprint density at radius 1 is 1.40 bits per heavy atom. The van der Waals surface area contributed by atoms with Crippen molar-refractivity contribution in [3.05, 3.63) is 40.3 Å². The molecule has 6 heteroatoms. The summed E-state index contributed by atoms with van der Waals surface area (Å²) in [6.07, 6.45) is 2.61. The summed E-state index contributed by atoms with van der Waals surface area (Å²) >= 11 is 1.51. The first kappa shape index (κ1) is 13.5. The number of rotatable bonds is 6. The van der Waals surface area contributed by atoms with Crippen molar-refractivity contribution in [3.63, 3.8) is 0 Å². The minimum absolute atomic E-state index is 0.153. The summed E-state index contributed by atoms with van der Waals surface area (Å²) in [5, 5.41) is 10.7. The van der Waals surface area contributed by atoms with Crippen LogP contribution in [0.4, 0.5) is 0 Å². The Morgan fingerprint density at radius 3 is 2.80 bits per heavy atom. The number of H-pyrrole nitrogens is 1. The van der Waals surface area contributed by atoms with E-state index < -0.39 is 0 Å². The van der Waals surface area contributed by atoms with Crippen LogP contribution in [0.1, 0.15) is 25.3 Å². The van der Waals surface area contributed by atoms with Crippen molar-refractivity contribution in [2.45, 2.75) is 48.9 Å². The van der Waals surface area contributed by atoms with E-state index in [-0.39, 0.29) is 5.69 Å². The van der Waals surface area contributed by atoms with Gasteiger partial charge in [0.1, 0.15) is 0 Å². The Kier molecular flexibility index (Phi) is 3.93. The van der Waals surface area contributed by atoms with Crippen LogP contribution in [-0.2, 0) is 13.1 Å². The summed E-state index contributed by atoms with van der Waals surface area (Å²) in [5.74, 6) is 0. The Labute approximate surface area is 121 Å². The summed E-state index contributed by atoms with van der Waals surface area (Å²) in [6, 6.07) is 9.13. The van der Waals surface area contributed by atoms with Gasteiger partial charge in [0.15, 0.2) is 5.16 Å². The predicted octanol–water partition coefficient (Wildman–Crippen LogP) is 1.99. The van der Waals surface area contributed by atoms with Crippen LogP contribution >= 0.6 is 11.8 Å². The molecule has 20 heavy (non-hydrogen) atoms. The molecule has 1 aliphatic carbocycles. The number of aromatic nitrogens is 3. The molecule has 3 rings (SSSR count). The average molecular weight is 290 g/mol. The quantitative estimate of drug-likeness (QED) is 0.854. The number of nitrogens with zero attached hydrogens (tertiary/aromatic N) is 2. The van der Waals surface area contributed by atoms with Crippen LogP contribution in [0.15, 0.2) is 39.1 Å². The third kappa shape index (κ3) is 3.13. The first-order chi connectivity index (χ1) is 9.76. The first-order valence-electron chi connectivity index (χ1n) is 6.91. The normalized spacial score (nSPS) is 14.7. The maximum Gasteiger partial charge on any atom is 0.343 e. The smallest absolute Gasteiger partial charge is 0.310 e. The molecule has 1 aliphatic rings. The molecular weight excluding hydrogens is 272 g/mol. The van der Waals surface area contributed by atoms with Gasteiger partial charge in [0.2, 0.25) is 0 Å². The van der Waals surface area contributed by atoms with Gasteiger partial charge in [-0.05, 0) is 49.2 Å². The number of hydrogen-bond donors (Lipinski definition) is 2. The third-order valence-electron chi connectivity index (χ3n) is 3.34. The van der Waals surface area contributed by atoms with Gasteiger partial charge in [0.05, 0.1) is 0 Å². The van der Waals surface area contributed by atoms with E-state index in [1.807, 2.05) is 6.92 Å². The van der Waals surface area contributed by atoms with E-state index in [0.717, 1.165) is 17.5 Å². The van der Waals surface area contributed by atoms with Crippen LogP contribution in [0.25, 0.3) is 0 Å². The largest absolute Gasteiger partial charge is 0.343 e. The number of aromatic amines is 1. The number of nitrogens with one attached hydrogen (secondary N) is 2. The molecule has 1 heterocycles. The highest BCUT2D eigenvalue weighted by Gasteiger charge is 2.19. The molecule has 0 bridgehead atoms. The van der Waals surface area contributed by atoms with E-state index in [1.54, 1.807) is 4.57 Å². The lowest BCUT2D eigenvalue weighted by molar-refractivity contribution is 0.660. The standard InChI is InChI=1S/C14H18N4OS/c1-2-18-13(19)16-17-14(18)20-12-7-3-10(4-8-12)9-15-11-5-6-11/h3-4,7-8,11,15H,2,5-6,9H2,1H3,(H,16,19). The van der Waals surface area contributed by atoms with Gasteiger partial charge < -0.3 is 5.32 Å². The Balaban J connectivity index is 1.66. The maximum atomic E-state index is 11.5. The molecule has 0 radical (unpaired) electrons. The Bertz CT molecular complexity index is 627. The van der Waals surface area contributed by atoms with Crippen LogP contribution in [-0.4, -0.2) is 20.8 Å². The van der Waals surface area contributed by atoms with Gasteiger partial charge in [-0.2, -0.15) is 0 Å². The van der Waals surface area contributed by atoms with Gasteiger partial charge in [-0.1, -0.05) is 12.1 Å². The van der Waals surface area contributed by atoms with E-state index in [1.165, 1.54) is 30.2 Å². The SMILES string of the molecule is CCn1c(Sc2ccc(CNC3CC3)cc2)n[nH]c1=O.